The second-order valence-electron chi connectivity index (χ2n) is 15.7. The molecule has 6 rings (SSSR count). The van der Waals surface area contributed by atoms with Crippen molar-refractivity contribution >= 4 is 40.4 Å². The van der Waals surface area contributed by atoms with Gasteiger partial charge in [0, 0.05) is 42.2 Å². The summed E-state index contributed by atoms with van der Waals surface area (Å²) in [5.74, 6) is -1.73. The molecule has 1 aliphatic heterocycles. The average Bonchev–Trinajstić information content (AvgIpc) is 3.80. The first-order chi connectivity index (χ1) is 24.7. The molecular weight excluding hydrogens is 751 g/mol. The fraction of sp³-hybridized carbons (Fsp3) is 0.514. The largest absolute Gasteiger partial charge is 0.478 e. The Labute approximate surface area is 318 Å². The number of nitrogens with zero attached hydrogens (tertiary/aromatic N) is 3. The standard InChI is InChI=1S/C37H44F3N5O7S.ClH/c1-22-8-6-9-23(2)30(22)28-15-29(43-32(42-28)44-53(49,50)27-11-7-10-24(14-27)31(46)47)51-19-26(18-36(12-13-36)37(38,39)40)41-25-16-35(17-25)20-45(21-35)33(48)52-34(3,4)5;/h6-11,14-15,25-26,41H,12-13,16-21H2,1-5H3,(H,46,47)(H,42,43,44);1H/t26-;/m1./s1. The van der Waals surface area contributed by atoms with Gasteiger partial charge in [-0.05, 0) is 96.0 Å². The zero-order valence-electron chi connectivity index (χ0n) is 30.6. The molecule has 1 spiro atoms. The number of carbonyl (C=O) groups is 2. The van der Waals surface area contributed by atoms with Crippen LogP contribution in [0, 0.1) is 24.7 Å². The molecule has 17 heteroatoms. The van der Waals surface area contributed by atoms with E-state index in [2.05, 4.69) is 20.0 Å². The van der Waals surface area contributed by atoms with Gasteiger partial charge >= 0.3 is 18.2 Å². The van der Waals surface area contributed by atoms with E-state index in [-0.39, 0.29) is 78.1 Å². The van der Waals surface area contributed by atoms with Crippen LogP contribution in [0.15, 0.2) is 53.4 Å². The van der Waals surface area contributed by atoms with Crippen LogP contribution < -0.4 is 14.8 Å². The predicted octanol–water partition coefficient (Wildman–Crippen LogP) is 7.15. The second kappa shape index (κ2) is 14.8. The SMILES string of the molecule is Cc1cccc(C)c1-c1cc(OC[C@@H](CC2(C(F)(F)F)CC2)NC2CC3(C2)CN(C(=O)OC(C)(C)C)C3)nc(NS(=O)(=O)c2cccc(C(=O)O)c2)n1.Cl. The number of halogens is 4. The third-order valence-electron chi connectivity index (χ3n) is 10.1. The molecule has 3 fully saturated rings. The van der Waals surface area contributed by atoms with E-state index < -0.39 is 39.2 Å². The number of carboxylic acid groups (broad SMARTS) is 1. The van der Waals surface area contributed by atoms with Gasteiger partial charge in [-0.2, -0.15) is 18.2 Å². The number of aromatic carboxylic acids is 1. The topological polar surface area (TPSA) is 160 Å². The summed E-state index contributed by atoms with van der Waals surface area (Å²) in [5, 5.41) is 12.8. The average molecular weight is 796 g/mol. The maximum atomic E-state index is 14.2. The third kappa shape index (κ3) is 9.03. The van der Waals surface area contributed by atoms with Crippen molar-refractivity contribution in [3.05, 3.63) is 65.2 Å². The molecule has 294 valence electrons. The van der Waals surface area contributed by atoms with Crippen molar-refractivity contribution in [3.63, 3.8) is 0 Å². The number of sulfonamides is 1. The molecule has 3 N–H and O–H groups in total. The minimum atomic E-state index is -4.39. The van der Waals surface area contributed by atoms with E-state index in [1.165, 1.54) is 24.3 Å². The number of aromatic nitrogens is 2. The number of ether oxygens (including phenoxy) is 2. The zero-order valence-corrected chi connectivity index (χ0v) is 32.3. The Hall–Kier alpha value is -4.15. The Morgan fingerprint density at radius 2 is 1.65 bits per heavy atom. The molecule has 0 unspecified atom stereocenters. The Morgan fingerprint density at radius 1 is 1.02 bits per heavy atom. The van der Waals surface area contributed by atoms with Crippen molar-refractivity contribution in [3.8, 4) is 17.1 Å². The van der Waals surface area contributed by atoms with Gasteiger partial charge in [-0.3, -0.25) is 0 Å². The van der Waals surface area contributed by atoms with Crippen molar-refractivity contribution in [2.75, 3.05) is 24.4 Å². The monoisotopic (exact) mass is 795 g/mol. The molecule has 1 atom stereocenters. The highest BCUT2D eigenvalue weighted by molar-refractivity contribution is 7.92. The van der Waals surface area contributed by atoms with Crippen LogP contribution in [0.4, 0.5) is 23.9 Å². The lowest BCUT2D eigenvalue weighted by Gasteiger charge is -2.59. The molecule has 1 aromatic heterocycles. The molecule has 3 aliphatic rings. The summed E-state index contributed by atoms with van der Waals surface area (Å²) < 4.78 is 83.2. The van der Waals surface area contributed by atoms with Gasteiger partial charge in [-0.25, -0.2) is 27.7 Å². The van der Waals surface area contributed by atoms with Crippen LogP contribution in [0.3, 0.4) is 0 Å². The van der Waals surface area contributed by atoms with Gasteiger partial charge in [0.2, 0.25) is 11.8 Å². The molecule has 0 bridgehead atoms. The summed E-state index contributed by atoms with van der Waals surface area (Å²) in [4.78, 5) is 34.0. The Balaban J connectivity index is 0.00000561. The summed E-state index contributed by atoms with van der Waals surface area (Å²) >= 11 is 0. The van der Waals surface area contributed by atoms with Crippen LogP contribution in [-0.2, 0) is 14.8 Å². The van der Waals surface area contributed by atoms with Crippen molar-refractivity contribution in [1.29, 1.82) is 0 Å². The van der Waals surface area contributed by atoms with Gasteiger partial charge in [0.05, 0.1) is 21.6 Å². The molecule has 1 amide bonds. The fourth-order valence-electron chi connectivity index (χ4n) is 7.36. The van der Waals surface area contributed by atoms with E-state index in [0.717, 1.165) is 17.2 Å². The molecule has 1 saturated heterocycles. The molecule has 2 heterocycles. The maximum absolute atomic E-state index is 14.2. The summed E-state index contributed by atoms with van der Waals surface area (Å²) in [6.45, 7) is 9.97. The first kappa shape index (κ1) is 41.0. The second-order valence-corrected chi connectivity index (χ2v) is 17.4. The van der Waals surface area contributed by atoms with Crippen molar-refractivity contribution in [1.82, 2.24) is 20.2 Å². The minimum Gasteiger partial charge on any atom is -0.478 e. The lowest BCUT2D eigenvalue weighted by Crippen LogP contribution is -2.68. The van der Waals surface area contributed by atoms with Gasteiger partial charge in [0.25, 0.3) is 10.0 Å². The first-order valence-corrected chi connectivity index (χ1v) is 18.9. The number of rotatable bonds is 12. The zero-order chi connectivity index (χ0) is 38.6. The van der Waals surface area contributed by atoms with Gasteiger partial charge in [0.1, 0.15) is 12.2 Å². The summed E-state index contributed by atoms with van der Waals surface area (Å²) in [6.07, 6.45) is -3.57. The lowest BCUT2D eigenvalue weighted by atomic mass is 9.60. The van der Waals surface area contributed by atoms with Crippen LogP contribution in [0.25, 0.3) is 11.3 Å². The van der Waals surface area contributed by atoms with E-state index in [0.29, 0.717) is 37.2 Å². The van der Waals surface area contributed by atoms with E-state index >= 15 is 0 Å². The van der Waals surface area contributed by atoms with E-state index in [4.69, 9.17) is 9.47 Å². The quantitative estimate of drug-likeness (QED) is 0.172. The van der Waals surface area contributed by atoms with Crippen LogP contribution in [0.5, 0.6) is 5.88 Å². The van der Waals surface area contributed by atoms with Crippen molar-refractivity contribution in [2.24, 2.45) is 10.8 Å². The lowest BCUT2D eigenvalue weighted by molar-refractivity contribution is -0.191. The van der Waals surface area contributed by atoms with Crippen LogP contribution in [0.1, 0.15) is 74.4 Å². The molecule has 2 saturated carbocycles. The number of aryl methyl sites for hydroxylation is 2. The van der Waals surface area contributed by atoms with Gasteiger partial charge in [0.15, 0.2) is 0 Å². The Bertz CT molecular complexity index is 1990. The predicted molar refractivity (Wildman–Crippen MR) is 196 cm³/mol. The molecule has 12 nitrogen and oxygen atoms in total. The van der Waals surface area contributed by atoms with Gasteiger partial charge in [-0.1, -0.05) is 24.3 Å². The molecule has 2 aromatic carbocycles. The molecular formula is C37H45ClF3N5O7S. The highest BCUT2D eigenvalue weighted by Crippen LogP contribution is 2.60. The number of hydrogen-bond acceptors (Lipinski definition) is 9. The smallest absolute Gasteiger partial charge is 0.410 e. The number of carboxylic acids is 1. The van der Waals surface area contributed by atoms with Crippen LogP contribution in [0.2, 0.25) is 0 Å². The number of anilines is 1. The minimum absolute atomic E-state index is 0. The highest BCUT2D eigenvalue weighted by Gasteiger charge is 2.64. The number of carbonyl (C=O) groups excluding carboxylic acids is 1. The molecule has 54 heavy (non-hydrogen) atoms. The van der Waals surface area contributed by atoms with E-state index in [9.17, 15) is 36.3 Å². The van der Waals surface area contributed by atoms with Crippen LogP contribution >= 0.6 is 12.4 Å². The summed E-state index contributed by atoms with van der Waals surface area (Å²) in [5.41, 5.74) is -0.0985. The number of likely N-dealkylation sites (tertiary alicyclic amines) is 1. The van der Waals surface area contributed by atoms with Gasteiger partial charge < -0.3 is 24.8 Å². The maximum Gasteiger partial charge on any atom is 0.410 e. The van der Waals surface area contributed by atoms with Crippen LogP contribution in [-0.4, -0.2) is 84.0 Å². The fourth-order valence-corrected chi connectivity index (χ4v) is 8.35. The van der Waals surface area contributed by atoms with E-state index in [1.807, 2.05) is 32.0 Å². The number of benzene rings is 2. The molecule has 0 radical (unpaired) electrons. The normalized spacial score (nSPS) is 18.1. The number of nitrogens with one attached hydrogen (secondary N) is 2. The highest BCUT2D eigenvalue weighted by atomic mass is 35.5. The molecule has 2 aliphatic carbocycles. The molecule has 3 aromatic rings. The number of hydrogen-bond donors (Lipinski definition) is 3. The summed E-state index contributed by atoms with van der Waals surface area (Å²) in [6, 6.07) is 11.1. The van der Waals surface area contributed by atoms with Crippen molar-refractivity contribution in [2.45, 2.75) is 95.5 Å². The first-order valence-electron chi connectivity index (χ1n) is 17.4. The summed E-state index contributed by atoms with van der Waals surface area (Å²) in [7, 11) is -4.37. The van der Waals surface area contributed by atoms with Gasteiger partial charge in [-0.15, -0.1) is 12.4 Å². The third-order valence-corrected chi connectivity index (χ3v) is 11.4. The number of alkyl halides is 3. The number of amides is 1. The Kier molecular flexibility index (Phi) is 11.3. The van der Waals surface area contributed by atoms with Crippen molar-refractivity contribution < 1.29 is 45.8 Å². The van der Waals surface area contributed by atoms with E-state index in [1.54, 1.807) is 25.7 Å². The Morgan fingerprint density at radius 3 is 2.22 bits per heavy atom.